The molecule has 0 fully saturated rings. The molecule has 0 unspecified atom stereocenters. The highest BCUT2D eigenvalue weighted by Crippen LogP contribution is 2.30. The van der Waals surface area contributed by atoms with Gasteiger partial charge >= 0.3 is 0 Å². The molecular formula is C18H17N3O4S. The van der Waals surface area contributed by atoms with Gasteiger partial charge in [-0.25, -0.2) is 0 Å². The van der Waals surface area contributed by atoms with Crippen LogP contribution in [0.5, 0.6) is 0 Å². The fourth-order valence-electron chi connectivity index (χ4n) is 2.87. The number of carbonyl (C=O) groups excluding carboxylic acids is 2. The van der Waals surface area contributed by atoms with Crippen LogP contribution in [0, 0.1) is 10.1 Å². The summed E-state index contributed by atoms with van der Waals surface area (Å²) in [6, 6.07) is 12.0. The second-order valence-electron chi connectivity index (χ2n) is 5.93. The number of rotatable bonds is 5. The van der Waals surface area contributed by atoms with Crippen LogP contribution in [-0.2, 0) is 17.8 Å². The average molecular weight is 371 g/mol. The van der Waals surface area contributed by atoms with Gasteiger partial charge in [0.05, 0.1) is 15.6 Å². The molecule has 0 aliphatic carbocycles. The Morgan fingerprint density at radius 3 is 2.62 bits per heavy atom. The number of amides is 2. The lowest BCUT2D eigenvalue weighted by molar-refractivity contribution is -0.387. The zero-order chi connectivity index (χ0) is 18.7. The van der Waals surface area contributed by atoms with Crippen LogP contribution in [0.3, 0.4) is 0 Å². The Morgan fingerprint density at radius 1 is 1.19 bits per heavy atom. The number of nitrogens with two attached hydrogens (primary N) is 1. The summed E-state index contributed by atoms with van der Waals surface area (Å²) in [6.07, 6.45) is 0.806. The fraction of sp³-hybridized carbons (Fsp3) is 0.222. The van der Waals surface area contributed by atoms with E-state index in [1.54, 1.807) is 4.90 Å². The summed E-state index contributed by atoms with van der Waals surface area (Å²) in [7, 11) is 0. The summed E-state index contributed by atoms with van der Waals surface area (Å²) in [5.41, 5.74) is 7.40. The summed E-state index contributed by atoms with van der Waals surface area (Å²) in [5, 5.41) is 11.2. The van der Waals surface area contributed by atoms with Gasteiger partial charge in [-0.05, 0) is 29.7 Å². The van der Waals surface area contributed by atoms with E-state index in [0.29, 0.717) is 18.0 Å². The minimum absolute atomic E-state index is 0.0695. The number of thioether (sulfide) groups is 1. The molecule has 8 heteroatoms. The topological polar surface area (TPSA) is 107 Å². The van der Waals surface area contributed by atoms with E-state index in [1.807, 2.05) is 18.2 Å². The minimum atomic E-state index is -0.729. The van der Waals surface area contributed by atoms with Gasteiger partial charge in [-0.1, -0.05) is 24.3 Å². The van der Waals surface area contributed by atoms with Crippen molar-refractivity contribution in [1.29, 1.82) is 0 Å². The van der Waals surface area contributed by atoms with Crippen LogP contribution in [-0.4, -0.2) is 33.9 Å². The number of nitro benzene ring substituents is 1. The maximum absolute atomic E-state index is 12.5. The molecule has 2 N–H and O–H groups in total. The summed E-state index contributed by atoms with van der Waals surface area (Å²) < 4.78 is 0. The highest BCUT2D eigenvalue weighted by atomic mass is 32.2. The Labute approximate surface area is 154 Å². The first-order valence-corrected chi connectivity index (χ1v) is 9.00. The Bertz CT molecular complexity index is 884. The normalized spacial score (nSPS) is 13.2. The van der Waals surface area contributed by atoms with Crippen molar-refractivity contribution in [1.82, 2.24) is 4.90 Å². The number of carbonyl (C=O) groups is 2. The Hall–Kier alpha value is -2.87. The molecule has 0 atom stereocenters. The van der Waals surface area contributed by atoms with Crippen molar-refractivity contribution in [2.75, 3.05) is 12.3 Å². The lowest BCUT2D eigenvalue weighted by atomic mass is 10.00. The lowest BCUT2D eigenvalue weighted by Crippen LogP contribution is -2.37. The van der Waals surface area contributed by atoms with Crippen molar-refractivity contribution in [2.45, 2.75) is 17.9 Å². The van der Waals surface area contributed by atoms with E-state index in [-0.39, 0.29) is 22.9 Å². The van der Waals surface area contributed by atoms with Gasteiger partial charge in [0.25, 0.3) is 5.69 Å². The van der Waals surface area contributed by atoms with E-state index in [0.717, 1.165) is 29.8 Å². The van der Waals surface area contributed by atoms with Crippen molar-refractivity contribution in [2.24, 2.45) is 5.73 Å². The average Bonchev–Trinajstić information content (AvgIpc) is 2.65. The van der Waals surface area contributed by atoms with E-state index < -0.39 is 10.8 Å². The van der Waals surface area contributed by atoms with E-state index in [9.17, 15) is 19.7 Å². The molecule has 134 valence electrons. The lowest BCUT2D eigenvalue weighted by Gasteiger charge is -2.28. The maximum atomic E-state index is 12.5. The van der Waals surface area contributed by atoms with Gasteiger partial charge in [-0.3, -0.25) is 19.7 Å². The van der Waals surface area contributed by atoms with Gasteiger partial charge < -0.3 is 10.6 Å². The molecule has 0 saturated carbocycles. The van der Waals surface area contributed by atoms with E-state index in [4.69, 9.17) is 5.73 Å². The third-order valence-electron chi connectivity index (χ3n) is 4.27. The zero-order valence-electron chi connectivity index (χ0n) is 13.9. The second-order valence-corrected chi connectivity index (χ2v) is 6.94. The quantitative estimate of drug-likeness (QED) is 0.493. The maximum Gasteiger partial charge on any atom is 0.283 e. The number of hydrogen-bond donors (Lipinski definition) is 1. The summed E-state index contributed by atoms with van der Waals surface area (Å²) in [5.74, 6) is -0.704. The number of primary amides is 1. The van der Waals surface area contributed by atoms with Crippen molar-refractivity contribution < 1.29 is 14.5 Å². The molecule has 1 aliphatic rings. The summed E-state index contributed by atoms with van der Waals surface area (Å²) in [4.78, 5) is 36.4. The first-order valence-electron chi connectivity index (χ1n) is 8.01. The van der Waals surface area contributed by atoms with Crippen LogP contribution in [0.25, 0.3) is 0 Å². The molecule has 26 heavy (non-hydrogen) atoms. The molecule has 7 nitrogen and oxygen atoms in total. The number of fused-ring (bicyclic) bond motifs is 1. The van der Waals surface area contributed by atoms with Crippen LogP contribution >= 0.6 is 11.8 Å². The van der Waals surface area contributed by atoms with Crippen molar-refractivity contribution in [3.05, 3.63) is 69.3 Å². The van der Waals surface area contributed by atoms with E-state index >= 15 is 0 Å². The smallest absolute Gasteiger partial charge is 0.283 e. The zero-order valence-corrected chi connectivity index (χ0v) is 14.7. The molecule has 1 aliphatic heterocycles. The molecule has 0 radical (unpaired) electrons. The predicted octanol–water partition coefficient (Wildman–Crippen LogP) is 2.37. The van der Waals surface area contributed by atoms with Crippen LogP contribution < -0.4 is 5.73 Å². The largest absolute Gasteiger partial charge is 0.366 e. The first-order chi connectivity index (χ1) is 12.5. The molecule has 2 amide bonds. The molecule has 1 heterocycles. The number of nitro groups is 1. The second kappa shape index (κ2) is 7.57. The highest BCUT2D eigenvalue weighted by molar-refractivity contribution is 8.00. The van der Waals surface area contributed by atoms with Crippen LogP contribution in [0.2, 0.25) is 0 Å². The fourth-order valence-corrected chi connectivity index (χ4v) is 3.78. The Morgan fingerprint density at radius 2 is 1.92 bits per heavy atom. The van der Waals surface area contributed by atoms with Crippen LogP contribution in [0.15, 0.2) is 47.4 Å². The van der Waals surface area contributed by atoms with Gasteiger partial charge in [-0.15, -0.1) is 11.8 Å². The first kappa shape index (κ1) is 17.9. The van der Waals surface area contributed by atoms with Gasteiger partial charge in [0.2, 0.25) is 11.8 Å². The van der Waals surface area contributed by atoms with Crippen LogP contribution in [0.4, 0.5) is 5.69 Å². The minimum Gasteiger partial charge on any atom is -0.366 e. The summed E-state index contributed by atoms with van der Waals surface area (Å²) in [6.45, 7) is 1.19. The molecule has 3 rings (SSSR count). The molecule has 0 spiro atoms. The SMILES string of the molecule is NC(=O)c1ccc(SCC(=O)N2CCc3ccccc3C2)c([N+](=O)[O-])c1. The van der Waals surface area contributed by atoms with Crippen molar-refractivity contribution >= 4 is 29.3 Å². The summed E-state index contributed by atoms with van der Waals surface area (Å²) >= 11 is 1.09. The molecular weight excluding hydrogens is 354 g/mol. The third kappa shape index (κ3) is 3.85. The van der Waals surface area contributed by atoms with Crippen LogP contribution in [0.1, 0.15) is 21.5 Å². The third-order valence-corrected chi connectivity index (χ3v) is 5.32. The number of benzene rings is 2. The highest BCUT2D eigenvalue weighted by Gasteiger charge is 2.22. The van der Waals surface area contributed by atoms with Crippen molar-refractivity contribution in [3.63, 3.8) is 0 Å². The van der Waals surface area contributed by atoms with Gasteiger partial charge in [0, 0.05) is 24.7 Å². The molecule has 0 aromatic heterocycles. The number of hydrogen-bond acceptors (Lipinski definition) is 5. The van der Waals surface area contributed by atoms with Gasteiger partial charge in [0.1, 0.15) is 0 Å². The molecule has 2 aromatic rings. The molecule has 2 aromatic carbocycles. The standard InChI is InChI=1S/C18H17N3O4S/c19-18(23)13-5-6-16(15(9-13)21(24)25)26-11-17(22)20-8-7-12-3-1-2-4-14(12)10-20/h1-6,9H,7-8,10-11H2,(H2,19,23). The number of nitrogens with zero attached hydrogens (tertiary/aromatic N) is 2. The van der Waals surface area contributed by atoms with Gasteiger partial charge in [-0.2, -0.15) is 0 Å². The Kier molecular flexibility index (Phi) is 5.22. The van der Waals surface area contributed by atoms with E-state index in [1.165, 1.54) is 17.7 Å². The Balaban J connectivity index is 1.68. The van der Waals surface area contributed by atoms with E-state index in [2.05, 4.69) is 6.07 Å². The molecule has 0 saturated heterocycles. The van der Waals surface area contributed by atoms with Gasteiger partial charge in [0.15, 0.2) is 0 Å². The monoisotopic (exact) mass is 371 g/mol. The predicted molar refractivity (Wildman–Crippen MR) is 97.9 cm³/mol. The molecule has 0 bridgehead atoms. The van der Waals surface area contributed by atoms with Crippen molar-refractivity contribution in [3.8, 4) is 0 Å².